The predicted octanol–water partition coefficient (Wildman–Crippen LogP) is 1.11. The summed E-state index contributed by atoms with van der Waals surface area (Å²) in [5.41, 5.74) is 1.01. The third-order valence-corrected chi connectivity index (χ3v) is 5.61. The van der Waals surface area contributed by atoms with Crippen LogP contribution >= 0.6 is 33.9 Å². The molecule has 0 aliphatic carbocycles. The van der Waals surface area contributed by atoms with E-state index in [1.165, 1.54) is 11.3 Å². The summed E-state index contributed by atoms with van der Waals surface area (Å²) in [6.45, 7) is 0.474. The lowest BCUT2D eigenvalue weighted by molar-refractivity contribution is -0.136. The summed E-state index contributed by atoms with van der Waals surface area (Å²) in [6, 6.07) is -0.509. The highest BCUT2D eigenvalue weighted by atomic mass is 127. The third-order valence-electron chi connectivity index (χ3n) is 3.21. The van der Waals surface area contributed by atoms with Crippen LogP contribution in [0.15, 0.2) is 5.38 Å². The molecular formula is C11H9IN2O3S. The second kappa shape index (κ2) is 4.30. The first-order valence-corrected chi connectivity index (χ1v) is 7.44. The maximum absolute atomic E-state index is 12.2. The molecule has 1 fully saturated rings. The van der Waals surface area contributed by atoms with Crippen LogP contribution in [0.4, 0.5) is 0 Å². The van der Waals surface area contributed by atoms with Gasteiger partial charge in [0, 0.05) is 27.5 Å². The van der Waals surface area contributed by atoms with Crippen molar-refractivity contribution in [2.24, 2.45) is 0 Å². The molecule has 0 aromatic carbocycles. The normalized spacial score (nSPS) is 23.3. The first kappa shape index (κ1) is 12.1. The monoisotopic (exact) mass is 376 g/mol. The van der Waals surface area contributed by atoms with E-state index in [2.05, 4.69) is 27.9 Å². The lowest BCUT2D eigenvalue weighted by Gasteiger charge is -2.29. The molecule has 0 bridgehead atoms. The van der Waals surface area contributed by atoms with Gasteiger partial charge in [0.1, 0.15) is 6.04 Å². The van der Waals surface area contributed by atoms with Gasteiger partial charge in [-0.1, -0.05) is 0 Å². The van der Waals surface area contributed by atoms with Crippen LogP contribution in [0.2, 0.25) is 0 Å². The summed E-state index contributed by atoms with van der Waals surface area (Å²) in [4.78, 5) is 37.4. The highest BCUT2D eigenvalue weighted by Gasteiger charge is 2.40. The van der Waals surface area contributed by atoms with Gasteiger partial charge in [-0.15, -0.1) is 11.3 Å². The van der Waals surface area contributed by atoms with Crippen molar-refractivity contribution in [3.05, 3.63) is 19.4 Å². The molecule has 94 valence electrons. The van der Waals surface area contributed by atoms with Crippen LogP contribution in [0.25, 0.3) is 0 Å². The van der Waals surface area contributed by atoms with Crippen molar-refractivity contribution in [3.8, 4) is 0 Å². The molecule has 1 unspecified atom stereocenters. The molecule has 7 heteroatoms. The van der Waals surface area contributed by atoms with E-state index < -0.39 is 6.04 Å². The number of rotatable bonds is 1. The molecule has 2 aliphatic heterocycles. The number of fused-ring (bicyclic) bond motifs is 1. The zero-order valence-electron chi connectivity index (χ0n) is 9.23. The van der Waals surface area contributed by atoms with Crippen molar-refractivity contribution < 1.29 is 14.4 Å². The van der Waals surface area contributed by atoms with Crippen molar-refractivity contribution in [2.45, 2.75) is 25.4 Å². The second-order valence-electron chi connectivity index (χ2n) is 4.29. The number of nitrogens with zero attached hydrogens (tertiary/aromatic N) is 1. The van der Waals surface area contributed by atoms with Gasteiger partial charge in [-0.25, -0.2) is 0 Å². The molecule has 1 aromatic heterocycles. The Hall–Kier alpha value is -0.960. The van der Waals surface area contributed by atoms with Crippen molar-refractivity contribution in [2.75, 3.05) is 0 Å². The van der Waals surface area contributed by atoms with Gasteiger partial charge in [-0.3, -0.25) is 19.7 Å². The maximum atomic E-state index is 12.2. The van der Waals surface area contributed by atoms with Gasteiger partial charge in [-0.2, -0.15) is 0 Å². The lowest BCUT2D eigenvalue weighted by atomic mass is 10.0. The molecule has 0 radical (unpaired) electrons. The molecule has 3 amide bonds. The molecule has 3 rings (SSSR count). The summed E-state index contributed by atoms with van der Waals surface area (Å²) in [7, 11) is 0. The Bertz CT molecular complexity index is 569. The number of hydrogen-bond donors (Lipinski definition) is 1. The average Bonchev–Trinajstić information content (AvgIpc) is 2.82. The van der Waals surface area contributed by atoms with E-state index in [-0.39, 0.29) is 17.7 Å². The van der Waals surface area contributed by atoms with Gasteiger partial charge < -0.3 is 4.90 Å². The zero-order chi connectivity index (χ0) is 12.9. The predicted molar refractivity (Wildman–Crippen MR) is 73.1 cm³/mol. The standard InChI is InChI=1S/C11H9IN2O3S/c12-6-4-18-9-5(6)3-14(11(9)17)7-1-2-8(15)13-10(7)16/h4,7H,1-3H2,(H,13,15,16). The average molecular weight is 376 g/mol. The molecule has 2 aliphatic rings. The van der Waals surface area contributed by atoms with Crippen molar-refractivity contribution >= 4 is 51.6 Å². The number of hydrogen-bond acceptors (Lipinski definition) is 4. The Morgan fingerprint density at radius 1 is 1.39 bits per heavy atom. The molecule has 1 aromatic rings. The van der Waals surface area contributed by atoms with Crippen molar-refractivity contribution in [1.29, 1.82) is 0 Å². The van der Waals surface area contributed by atoms with Gasteiger partial charge in [0.05, 0.1) is 4.88 Å². The second-order valence-corrected chi connectivity index (χ2v) is 6.33. The molecule has 1 saturated heterocycles. The fourth-order valence-electron chi connectivity index (χ4n) is 2.29. The maximum Gasteiger partial charge on any atom is 0.265 e. The Balaban J connectivity index is 1.86. The Labute approximate surface area is 121 Å². The smallest absolute Gasteiger partial charge is 0.265 e. The molecule has 0 spiro atoms. The van der Waals surface area contributed by atoms with E-state index in [4.69, 9.17) is 0 Å². The van der Waals surface area contributed by atoms with E-state index >= 15 is 0 Å². The molecule has 1 atom stereocenters. The third kappa shape index (κ3) is 1.76. The number of halogens is 1. The zero-order valence-corrected chi connectivity index (χ0v) is 12.2. The lowest BCUT2D eigenvalue weighted by Crippen LogP contribution is -2.52. The SMILES string of the molecule is O=C1CCC(N2Cc3c(I)csc3C2=O)C(=O)N1. The van der Waals surface area contributed by atoms with Crippen LogP contribution in [0.1, 0.15) is 28.1 Å². The molecular weight excluding hydrogens is 367 g/mol. The van der Waals surface area contributed by atoms with Crippen LogP contribution < -0.4 is 5.32 Å². The van der Waals surface area contributed by atoms with E-state index in [9.17, 15) is 14.4 Å². The Morgan fingerprint density at radius 3 is 2.83 bits per heavy atom. The van der Waals surface area contributed by atoms with Gasteiger partial charge in [-0.05, 0) is 29.0 Å². The fourth-order valence-corrected chi connectivity index (χ4v) is 4.20. The molecule has 0 saturated carbocycles. The van der Waals surface area contributed by atoms with E-state index in [0.29, 0.717) is 19.4 Å². The number of piperidine rings is 1. The Morgan fingerprint density at radius 2 is 2.17 bits per heavy atom. The van der Waals surface area contributed by atoms with Crippen molar-refractivity contribution in [3.63, 3.8) is 0 Å². The fraction of sp³-hybridized carbons (Fsp3) is 0.364. The first-order chi connectivity index (χ1) is 8.58. The number of carbonyl (C=O) groups is 3. The summed E-state index contributed by atoms with van der Waals surface area (Å²) in [5, 5.41) is 4.24. The number of amides is 3. The largest absolute Gasteiger partial charge is 0.321 e. The molecule has 3 heterocycles. The number of nitrogens with one attached hydrogen (secondary N) is 1. The van der Waals surface area contributed by atoms with E-state index in [1.807, 2.05) is 5.38 Å². The summed E-state index contributed by atoms with van der Waals surface area (Å²) in [6.07, 6.45) is 0.715. The summed E-state index contributed by atoms with van der Waals surface area (Å²) >= 11 is 3.62. The quantitative estimate of drug-likeness (QED) is 0.590. The minimum Gasteiger partial charge on any atom is -0.321 e. The van der Waals surface area contributed by atoms with Crippen LogP contribution in [0, 0.1) is 3.57 Å². The Kier molecular flexibility index (Phi) is 2.89. The molecule has 5 nitrogen and oxygen atoms in total. The van der Waals surface area contributed by atoms with Gasteiger partial charge in [0.15, 0.2) is 0 Å². The summed E-state index contributed by atoms with van der Waals surface area (Å²) < 4.78 is 1.07. The molecule has 18 heavy (non-hydrogen) atoms. The van der Waals surface area contributed by atoms with Crippen LogP contribution in [-0.2, 0) is 16.1 Å². The number of imide groups is 1. The minimum atomic E-state index is -0.509. The first-order valence-electron chi connectivity index (χ1n) is 5.48. The van der Waals surface area contributed by atoms with E-state index in [1.54, 1.807) is 4.90 Å². The number of carbonyl (C=O) groups excluding carboxylic acids is 3. The van der Waals surface area contributed by atoms with Gasteiger partial charge in [0.2, 0.25) is 11.8 Å². The molecule has 1 N–H and O–H groups in total. The van der Waals surface area contributed by atoms with Crippen LogP contribution in [-0.4, -0.2) is 28.7 Å². The van der Waals surface area contributed by atoms with Crippen molar-refractivity contribution in [1.82, 2.24) is 10.2 Å². The minimum absolute atomic E-state index is 0.0904. The van der Waals surface area contributed by atoms with Gasteiger partial charge >= 0.3 is 0 Å². The summed E-state index contributed by atoms with van der Waals surface area (Å²) in [5.74, 6) is -0.704. The van der Waals surface area contributed by atoms with Gasteiger partial charge in [0.25, 0.3) is 5.91 Å². The highest BCUT2D eigenvalue weighted by Crippen LogP contribution is 2.34. The van der Waals surface area contributed by atoms with Crippen LogP contribution in [0.5, 0.6) is 0 Å². The highest BCUT2D eigenvalue weighted by molar-refractivity contribution is 14.1. The van der Waals surface area contributed by atoms with E-state index in [0.717, 1.165) is 14.0 Å². The topological polar surface area (TPSA) is 66.5 Å². The van der Waals surface area contributed by atoms with Crippen LogP contribution in [0.3, 0.4) is 0 Å². The number of thiophene rings is 1.